The van der Waals surface area contributed by atoms with E-state index in [0.29, 0.717) is 5.56 Å². The summed E-state index contributed by atoms with van der Waals surface area (Å²) in [4.78, 5) is 16.8. The van der Waals surface area contributed by atoms with Crippen molar-refractivity contribution in [1.82, 2.24) is 14.6 Å². The lowest BCUT2D eigenvalue weighted by Gasteiger charge is -2.30. The molecule has 40 heavy (non-hydrogen) atoms. The number of benzene rings is 2. The Labute approximate surface area is 234 Å². The number of aromatic hydroxyl groups is 2. The summed E-state index contributed by atoms with van der Waals surface area (Å²) < 4.78 is 33.3. The third-order valence-corrected chi connectivity index (χ3v) is 7.85. The van der Waals surface area contributed by atoms with E-state index in [1.54, 1.807) is 0 Å². The van der Waals surface area contributed by atoms with E-state index < -0.39 is 28.1 Å². The van der Waals surface area contributed by atoms with Gasteiger partial charge in [-0.25, -0.2) is 13.4 Å². The molecular weight excluding hydrogens is 534 g/mol. The third kappa shape index (κ3) is 8.54. The summed E-state index contributed by atoms with van der Waals surface area (Å²) in [6.45, 7) is 3.62. The maximum atomic E-state index is 13.5. The van der Waals surface area contributed by atoms with Gasteiger partial charge in [0.05, 0.1) is 25.5 Å². The lowest BCUT2D eigenvalue weighted by Crippen LogP contribution is -2.50. The quantitative estimate of drug-likeness (QED) is 0.181. The Kier molecular flexibility index (Phi) is 10.7. The van der Waals surface area contributed by atoms with Crippen LogP contribution < -0.4 is 10.1 Å². The summed E-state index contributed by atoms with van der Waals surface area (Å²) in [5.41, 5.74) is 1.32. The topological polar surface area (TPSA) is 149 Å². The number of ether oxygens (including phenoxy) is 1. The molecule has 0 aliphatic carbocycles. The van der Waals surface area contributed by atoms with E-state index in [9.17, 15) is 28.5 Å². The van der Waals surface area contributed by atoms with Gasteiger partial charge in [0, 0.05) is 25.2 Å². The molecule has 0 fully saturated rings. The number of carbonyl (C=O) groups excluding carboxylic acids is 1. The molecule has 3 aromatic rings. The Morgan fingerprint density at radius 3 is 2.38 bits per heavy atom. The number of aliphatic hydroxyl groups is 1. The standard InChI is InChI=1S/C29H35N3O7S/c1-20(2)18-32(40(37,38)23-11-14-29(39-3)30-17-23)19-27(35)24(15-21-7-5-4-6-8-21)31-28(36)13-10-22-9-12-25(33)26(34)16-22/h4-14,16-17,20,24,27,33-35H,15,18-19H2,1-3H3,(H,31,36)/b13-10+/t24-,27+/m0/s1. The van der Waals surface area contributed by atoms with Crippen LogP contribution in [0.4, 0.5) is 0 Å². The van der Waals surface area contributed by atoms with Gasteiger partial charge in [-0.1, -0.05) is 50.2 Å². The highest BCUT2D eigenvalue weighted by Crippen LogP contribution is 2.25. The van der Waals surface area contributed by atoms with Crippen LogP contribution in [-0.2, 0) is 21.2 Å². The van der Waals surface area contributed by atoms with Crippen LogP contribution in [0.25, 0.3) is 6.08 Å². The van der Waals surface area contributed by atoms with Gasteiger partial charge >= 0.3 is 0 Å². The highest BCUT2D eigenvalue weighted by Gasteiger charge is 2.31. The Morgan fingerprint density at radius 2 is 1.77 bits per heavy atom. The molecule has 1 aromatic heterocycles. The maximum Gasteiger partial charge on any atom is 0.244 e. The minimum Gasteiger partial charge on any atom is -0.504 e. The molecule has 0 saturated heterocycles. The Hall–Kier alpha value is -3.93. The first-order valence-corrected chi connectivity index (χ1v) is 14.2. The molecule has 4 N–H and O–H groups in total. The van der Waals surface area contributed by atoms with Gasteiger partial charge in [0.15, 0.2) is 11.5 Å². The molecule has 10 nitrogen and oxygen atoms in total. The number of hydrogen-bond acceptors (Lipinski definition) is 8. The smallest absolute Gasteiger partial charge is 0.244 e. The van der Waals surface area contributed by atoms with E-state index in [2.05, 4.69) is 10.3 Å². The molecule has 3 rings (SSSR count). The van der Waals surface area contributed by atoms with Gasteiger partial charge in [0.25, 0.3) is 0 Å². The van der Waals surface area contributed by atoms with Crippen molar-refractivity contribution in [2.75, 3.05) is 20.2 Å². The number of pyridine rings is 1. The molecular formula is C29H35N3O7S. The number of rotatable bonds is 13. The fourth-order valence-electron chi connectivity index (χ4n) is 4.00. The first-order valence-electron chi connectivity index (χ1n) is 12.7. The number of hydrogen-bond donors (Lipinski definition) is 4. The number of phenols is 2. The minimum atomic E-state index is -4.02. The van der Waals surface area contributed by atoms with E-state index in [0.717, 1.165) is 5.56 Å². The molecule has 0 aliphatic heterocycles. The minimum absolute atomic E-state index is 0.0371. The van der Waals surface area contributed by atoms with Crippen molar-refractivity contribution in [2.45, 2.75) is 37.3 Å². The Morgan fingerprint density at radius 1 is 1.05 bits per heavy atom. The predicted octanol–water partition coefficient (Wildman–Crippen LogP) is 2.95. The van der Waals surface area contributed by atoms with E-state index in [4.69, 9.17) is 4.74 Å². The lowest BCUT2D eigenvalue weighted by atomic mass is 10.0. The summed E-state index contributed by atoms with van der Waals surface area (Å²) in [7, 11) is -2.59. The number of nitrogens with one attached hydrogen (secondary N) is 1. The fourth-order valence-corrected chi connectivity index (χ4v) is 5.57. The van der Waals surface area contributed by atoms with Crippen LogP contribution in [0.3, 0.4) is 0 Å². The van der Waals surface area contributed by atoms with Crippen molar-refractivity contribution in [1.29, 1.82) is 0 Å². The summed E-state index contributed by atoms with van der Waals surface area (Å²) >= 11 is 0. The molecule has 1 heterocycles. The predicted molar refractivity (Wildman–Crippen MR) is 151 cm³/mol. The summed E-state index contributed by atoms with van der Waals surface area (Å²) in [6.07, 6.45) is 2.90. The number of methoxy groups -OCH3 is 1. The van der Waals surface area contributed by atoms with Crippen LogP contribution >= 0.6 is 0 Å². The zero-order chi connectivity index (χ0) is 29.3. The fraction of sp³-hybridized carbons (Fsp3) is 0.310. The maximum absolute atomic E-state index is 13.5. The summed E-state index contributed by atoms with van der Waals surface area (Å²) in [5, 5.41) is 33.3. The van der Waals surface area contributed by atoms with E-state index in [1.165, 1.54) is 60.1 Å². The summed E-state index contributed by atoms with van der Waals surface area (Å²) in [5.74, 6) is -0.891. The number of nitrogens with zero attached hydrogens (tertiary/aromatic N) is 2. The monoisotopic (exact) mass is 569 g/mol. The molecule has 11 heteroatoms. The van der Waals surface area contributed by atoms with Crippen LogP contribution in [0.1, 0.15) is 25.0 Å². The third-order valence-electron chi connectivity index (χ3n) is 6.03. The zero-order valence-electron chi connectivity index (χ0n) is 22.6. The molecule has 0 radical (unpaired) electrons. The Bertz CT molecular complexity index is 1390. The van der Waals surface area contributed by atoms with E-state index in [1.807, 2.05) is 44.2 Å². The van der Waals surface area contributed by atoms with Gasteiger partial charge in [-0.05, 0) is 47.7 Å². The van der Waals surface area contributed by atoms with Crippen molar-refractivity contribution in [3.05, 3.63) is 84.1 Å². The van der Waals surface area contributed by atoms with Crippen molar-refractivity contribution >= 4 is 22.0 Å². The molecule has 0 spiro atoms. The average Bonchev–Trinajstić information content (AvgIpc) is 2.93. The Balaban J connectivity index is 1.84. The van der Waals surface area contributed by atoms with E-state index >= 15 is 0 Å². The van der Waals surface area contributed by atoms with Crippen molar-refractivity contribution < 1.29 is 33.3 Å². The number of sulfonamides is 1. The number of amides is 1. The van der Waals surface area contributed by atoms with Crippen LogP contribution in [-0.4, -0.2) is 71.3 Å². The van der Waals surface area contributed by atoms with Gasteiger partial charge in [-0.15, -0.1) is 0 Å². The number of aliphatic hydroxyl groups excluding tert-OH is 1. The normalized spacial score (nSPS) is 13.4. The van der Waals surface area contributed by atoms with Crippen molar-refractivity contribution in [3.63, 3.8) is 0 Å². The van der Waals surface area contributed by atoms with Gasteiger partial charge in [-0.2, -0.15) is 4.31 Å². The molecule has 0 unspecified atom stereocenters. The lowest BCUT2D eigenvalue weighted by molar-refractivity contribution is -0.118. The van der Waals surface area contributed by atoms with Gasteiger partial charge in [0.2, 0.25) is 21.8 Å². The molecule has 1 amide bonds. The second kappa shape index (κ2) is 13.9. The first-order chi connectivity index (χ1) is 19.0. The SMILES string of the molecule is COc1ccc(S(=O)(=O)N(CC(C)C)C[C@@H](O)[C@H](Cc2ccccc2)NC(=O)/C=C/c2ccc(O)c(O)c2)cn1. The van der Waals surface area contributed by atoms with Gasteiger partial charge in [0.1, 0.15) is 4.90 Å². The van der Waals surface area contributed by atoms with Gasteiger partial charge in [-0.3, -0.25) is 4.79 Å². The molecule has 0 bridgehead atoms. The summed E-state index contributed by atoms with van der Waals surface area (Å²) in [6, 6.07) is 15.4. The highest BCUT2D eigenvalue weighted by molar-refractivity contribution is 7.89. The van der Waals surface area contributed by atoms with Crippen LogP contribution in [0.2, 0.25) is 0 Å². The molecule has 214 valence electrons. The number of carbonyl (C=O) groups is 1. The molecule has 2 aromatic carbocycles. The van der Waals surface area contributed by atoms with Crippen molar-refractivity contribution in [3.8, 4) is 17.4 Å². The van der Waals surface area contributed by atoms with Gasteiger partial charge < -0.3 is 25.4 Å². The van der Waals surface area contributed by atoms with E-state index in [-0.39, 0.29) is 47.7 Å². The average molecular weight is 570 g/mol. The second-order valence-electron chi connectivity index (χ2n) is 9.71. The van der Waals surface area contributed by atoms with Crippen LogP contribution in [0.5, 0.6) is 17.4 Å². The largest absolute Gasteiger partial charge is 0.504 e. The zero-order valence-corrected chi connectivity index (χ0v) is 23.5. The first kappa shape index (κ1) is 30.6. The second-order valence-corrected chi connectivity index (χ2v) is 11.6. The highest BCUT2D eigenvalue weighted by atomic mass is 32.2. The van der Waals surface area contributed by atoms with Crippen LogP contribution in [0, 0.1) is 5.92 Å². The number of aromatic nitrogens is 1. The molecule has 2 atom stereocenters. The molecule has 0 saturated carbocycles. The number of phenolic OH excluding ortho intramolecular Hbond substituents is 2. The van der Waals surface area contributed by atoms with Crippen LogP contribution in [0.15, 0.2) is 77.8 Å². The van der Waals surface area contributed by atoms with Crippen molar-refractivity contribution in [2.24, 2.45) is 5.92 Å². The molecule has 0 aliphatic rings.